The molecule has 0 rings (SSSR count). The summed E-state index contributed by atoms with van der Waals surface area (Å²) >= 11 is 0. The highest BCUT2D eigenvalue weighted by atomic mass is 16.4. The van der Waals surface area contributed by atoms with Crippen molar-refractivity contribution in [2.75, 3.05) is 6.61 Å². The van der Waals surface area contributed by atoms with E-state index in [4.69, 9.17) is 15.3 Å². The molecular formula is C12H24O4. The van der Waals surface area contributed by atoms with Crippen molar-refractivity contribution in [2.24, 2.45) is 5.41 Å². The van der Waals surface area contributed by atoms with Crippen molar-refractivity contribution in [1.82, 2.24) is 0 Å². The molecule has 0 radical (unpaired) electrons. The Balaban J connectivity index is 0. The Morgan fingerprint density at radius 2 is 1.81 bits per heavy atom. The number of aliphatic hydroxyl groups is 2. The summed E-state index contributed by atoms with van der Waals surface area (Å²) in [7, 11) is 0. The van der Waals surface area contributed by atoms with Gasteiger partial charge >= 0.3 is 5.97 Å². The van der Waals surface area contributed by atoms with Crippen LogP contribution >= 0.6 is 0 Å². The molecule has 4 heteroatoms. The second-order valence-corrected chi connectivity index (χ2v) is 4.88. The molecule has 0 aliphatic heterocycles. The SMILES string of the molecule is CC(C)(C)CC(O)CO.CC=C(C)C(=O)O. The van der Waals surface area contributed by atoms with Gasteiger partial charge in [0, 0.05) is 5.57 Å². The predicted molar refractivity (Wildman–Crippen MR) is 64.2 cm³/mol. The topological polar surface area (TPSA) is 77.8 Å². The second kappa shape index (κ2) is 8.30. The summed E-state index contributed by atoms with van der Waals surface area (Å²) < 4.78 is 0. The molecule has 1 unspecified atom stereocenters. The van der Waals surface area contributed by atoms with E-state index >= 15 is 0 Å². The zero-order valence-corrected chi connectivity index (χ0v) is 10.8. The lowest BCUT2D eigenvalue weighted by molar-refractivity contribution is -0.132. The van der Waals surface area contributed by atoms with Gasteiger partial charge in [-0.05, 0) is 25.7 Å². The van der Waals surface area contributed by atoms with Gasteiger partial charge in [-0.15, -0.1) is 0 Å². The highest BCUT2D eigenvalue weighted by Gasteiger charge is 2.15. The molecular weight excluding hydrogens is 208 g/mol. The molecule has 0 bridgehead atoms. The van der Waals surface area contributed by atoms with E-state index in [2.05, 4.69) is 0 Å². The number of rotatable bonds is 3. The van der Waals surface area contributed by atoms with Crippen molar-refractivity contribution >= 4 is 5.97 Å². The molecule has 3 N–H and O–H groups in total. The van der Waals surface area contributed by atoms with Crippen molar-refractivity contribution in [1.29, 1.82) is 0 Å². The summed E-state index contributed by atoms with van der Waals surface area (Å²) in [5.41, 5.74) is 0.502. The summed E-state index contributed by atoms with van der Waals surface area (Å²) in [6.45, 7) is 9.23. The zero-order chi connectivity index (χ0) is 13.4. The molecule has 16 heavy (non-hydrogen) atoms. The van der Waals surface area contributed by atoms with Gasteiger partial charge in [0.25, 0.3) is 0 Å². The molecule has 1 atom stereocenters. The Kier molecular flexibility index (Phi) is 9.09. The molecule has 0 amide bonds. The fourth-order valence-electron chi connectivity index (χ4n) is 0.895. The molecule has 0 heterocycles. The number of aliphatic hydroxyl groups excluding tert-OH is 2. The molecule has 0 aromatic rings. The van der Waals surface area contributed by atoms with Crippen LogP contribution in [0.4, 0.5) is 0 Å². The lowest BCUT2D eigenvalue weighted by atomic mass is 9.89. The second-order valence-electron chi connectivity index (χ2n) is 4.88. The fourth-order valence-corrected chi connectivity index (χ4v) is 0.895. The van der Waals surface area contributed by atoms with Gasteiger partial charge in [0.2, 0.25) is 0 Å². The van der Waals surface area contributed by atoms with Crippen molar-refractivity contribution in [2.45, 2.75) is 47.1 Å². The van der Waals surface area contributed by atoms with Crippen molar-refractivity contribution in [3.05, 3.63) is 11.6 Å². The van der Waals surface area contributed by atoms with E-state index < -0.39 is 12.1 Å². The summed E-state index contributed by atoms with van der Waals surface area (Å²) in [6, 6.07) is 0. The highest BCUT2D eigenvalue weighted by Crippen LogP contribution is 2.20. The van der Waals surface area contributed by atoms with Crippen molar-refractivity contribution in [3.8, 4) is 0 Å². The van der Waals surface area contributed by atoms with Crippen LogP contribution in [0.2, 0.25) is 0 Å². The first kappa shape index (κ1) is 17.5. The number of aliphatic carboxylic acids is 1. The van der Waals surface area contributed by atoms with Gasteiger partial charge < -0.3 is 15.3 Å². The predicted octanol–water partition coefficient (Wildman–Crippen LogP) is 1.81. The van der Waals surface area contributed by atoms with Crippen LogP contribution in [0.25, 0.3) is 0 Å². The summed E-state index contributed by atoms with van der Waals surface area (Å²) in [5.74, 6) is -0.845. The summed E-state index contributed by atoms with van der Waals surface area (Å²) in [5, 5.41) is 25.5. The molecule has 4 nitrogen and oxygen atoms in total. The van der Waals surface area contributed by atoms with E-state index in [0.29, 0.717) is 12.0 Å². The molecule has 0 saturated heterocycles. The maximum Gasteiger partial charge on any atom is 0.330 e. The van der Waals surface area contributed by atoms with Crippen LogP contribution in [0, 0.1) is 5.41 Å². The average molecular weight is 232 g/mol. The number of hydrogen-bond acceptors (Lipinski definition) is 3. The minimum absolute atomic E-state index is 0.113. The van der Waals surface area contributed by atoms with Gasteiger partial charge in [-0.1, -0.05) is 26.8 Å². The molecule has 0 aliphatic rings. The minimum Gasteiger partial charge on any atom is -0.478 e. The normalized spacial score (nSPS) is 13.8. The van der Waals surface area contributed by atoms with Gasteiger partial charge in [0.1, 0.15) is 0 Å². The monoisotopic (exact) mass is 232 g/mol. The first-order valence-corrected chi connectivity index (χ1v) is 5.29. The Morgan fingerprint density at radius 1 is 1.38 bits per heavy atom. The van der Waals surface area contributed by atoms with Gasteiger partial charge in [-0.3, -0.25) is 0 Å². The summed E-state index contributed by atoms with van der Waals surface area (Å²) in [6.07, 6.45) is 1.66. The standard InChI is InChI=1S/C7H16O2.C5H8O2/c1-7(2,3)4-6(9)5-8;1-3-4(2)5(6)7/h6,8-9H,4-5H2,1-3H3;3H,1-2H3,(H,6,7). The van der Waals surface area contributed by atoms with Gasteiger partial charge in [0.15, 0.2) is 0 Å². The van der Waals surface area contributed by atoms with E-state index in [1.54, 1.807) is 19.9 Å². The number of allylic oxidation sites excluding steroid dienone is 1. The Morgan fingerprint density at radius 3 is 1.88 bits per heavy atom. The third-order valence-electron chi connectivity index (χ3n) is 1.83. The van der Waals surface area contributed by atoms with Gasteiger partial charge in [-0.2, -0.15) is 0 Å². The number of carbonyl (C=O) groups is 1. The highest BCUT2D eigenvalue weighted by molar-refractivity contribution is 5.85. The van der Waals surface area contributed by atoms with Crippen LogP contribution in [-0.4, -0.2) is 34.0 Å². The number of carboxylic acids is 1. The average Bonchev–Trinajstić information content (AvgIpc) is 2.14. The van der Waals surface area contributed by atoms with Crippen LogP contribution in [-0.2, 0) is 4.79 Å². The zero-order valence-electron chi connectivity index (χ0n) is 10.8. The maximum atomic E-state index is 9.86. The lowest BCUT2D eigenvalue weighted by Gasteiger charge is -2.20. The first-order chi connectivity index (χ1) is 7.14. The largest absolute Gasteiger partial charge is 0.478 e. The van der Waals surface area contributed by atoms with Crippen LogP contribution in [0.15, 0.2) is 11.6 Å². The number of carboxylic acid groups (broad SMARTS) is 1. The third kappa shape index (κ3) is 13.1. The Labute approximate surface area is 97.6 Å². The third-order valence-corrected chi connectivity index (χ3v) is 1.83. The first-order valence-electron chi connectivity index (χ1n) is 5.29. The van der Waals surface area contributed by atoms with E-state index in [9.17, 15) is 4.79 Å². The summed E-state index contributed by atoms with van der Waals surface area (Å²) in [4.78, 5) is 9.86. The van der Waals surface area contributed by atoms with E-state index in [-0.39, 0.29) is 12.0 Å². The molecule has 0 spiro atoms. The van der Waals surface area contributed by atoms with Crippen molar-refractivity contribution in [3.63, 3.8) is 0 Å². The smallest absolute Gasteiger partial charge is 0.330 e. The van der Waals surface area contributed by atoms with Crippen molar-refractivity contribution < 1.29 is 20.1 Å². The quantitative estimate of drug-likeness (QED) is 0.648. The van der Waals surface area contributed by atoms with Gasteiger partial charge in [-0.25, -0.2) is 4.79 Å². The van der Waals surface area contributed by atoms with Crippen LogP contribution in [0.3, 0.4) is 0 Å². The fraction of sp³-hybridized carbons (Fsp3) is 0.750. The molecule has 96 valence electrons. The number of hydrogen-bond donors (Lipinski definition) is 3. The Hall–Kier alpha value is -0.870. The Bertz CT molecular complexity index is 226. The lowest BCUT2D eigenvalue weighted by Crippen LogP contribution is -2.20. The molecule has 0 aliphatic carbocycles. The maximum absolute atomic E-state index is 9.86. The van der Waals surface area contributed by atoms with Crippen LogP contribution < -0.4 is 0 Å². The minimum atomic E-state index is -0.845. The van der Waals surface area contributed by atoms with E-state index in [1.165, 1.54) is 0 Å². The molecule has 0 saturated carbocycles. The molecule has 0 aromatic carbocycles. The van der Waals surface area contributed by atoms with Gasteiger partial charge in [0.05, 0.1) is 12.7 Å². The van der Waals surface area contributed by atoms with E-state index in [1.807, 2.05) is 20.8 Å². The van der Waals surface area contributed by atoms with E-state index in [0.717, 1.165) is 0 Å². The molecule has 0 fully saturated rings. The van der Waals surface area contributed by atoms with Crippen LogP contribution in [0.1, 0.15) is 41.0 Å². The van der Waals surface area contributed by atoms with Crippen LogP contribution in [0.5, 0.6) is 0 Å². The molecule has 0 aromatic heterocycles.